The van der Waals surface area contributed by atoms with Crippen molar-refractivity contribution in [2.24, 2.45) is 0 Å². The van der Waals surface area contributed by atoms with Crippen LogP contribution < -0.4 is 4.90 Å². The van der Waals surface area contributed by atoms with Gasteiger partial charge in [-0.25, -0.2) is 4.39 Å². The van der Waals surface area contributed by atoms with Gasteiger partial charge in [0.05, 0.1) is 0 Å². The Morgan fingerprint density at radius 1 is 1.00 bits per heavy atom. The lowest BCUT2D eigenvalue weighted by Gasteiger charge is -2.13. The number of nitrogens with zero attached hydrogens (tertiary/aromatic N) is 1. The van der Waals surface area contributed by atoms with Crippen LogP contribution in [0.3, 0.4) is 0 Å². The van der Waals surface area contributed by atoms with Crippen LogP contribution in [0.25, 0.3) is 5.57 Å². The van der Waals surface area contributed by atoms with Gasteiger partial charge in [-0.1, -0.05) is 29.8 Å². The highest BCUT2D eigenvalue weighted by Crippen LogP contribution is 2.39. The highest BCUT2D eigenvalue weighted by atomic mass is 35.5. The lowest BCUT2D eigenvalue weighted by atomic mass is 9.99. The average Bonchev–Trinajstić information content (AvgIpc) is 2.71. The van der Waals surface area contributed by atoms with Gasteiger partial charge in [0.2, 0.25) is 5.78 Å². The van der Waals surface area contributed by atoms with Crippen LogP contribution in [0, 0.1) is 0 Å². The van der Waals surface area contributed by atoms with Gasteiger partial charge in [-0.3, -0.25) is 4.79 Å². The molecule has 0 saturated carbocycles. The molecule has 0 fully saturated rings. The Hall–Kier alpha value is -2.13. The summed E-state index contributed by atoms with van der Waals surface area (Å²) in [7, 11) is 3.87. The summed E-state index contributed by atoms with van der Waals surface area (Å²) >= 11 is 5.89. The van der Waals surface area contributed by atoms with Gasteiger partial charge in [0.25, 0.3) is 0 Å². The highest BCUT2D eigenvalue weighted by molar-refractivity contribution is 6.32. The molecule has 0 amide bonds. The van der Waals surface area contributed by atoms with Crippen molar-refractivity contribution in [1.29, 1.82) is 0 Å². The Labute approximate surface area is 127 Å². The largest absolute Gasteiger partial charge is 0.378 e. The zero-order valence-electron chi connectivity index (χ0n) is 11.7. The van der Waals surface area contributed by atoms with Crippen molar-refractivity contribution >= 4 is 28.6 Å². The molecular weight excluding hydrogens is 289 g/mol. The van der Waals surface area contributed by atoms with Gasteiger partial charge in [0.1, 0.15) is 0 Å². The maximum Gasteiger partial charge on any atom is 0.222 e. The van der Waals surface area contributed by atoms with E-state index in [9.17, 15) is 9.18 Å². The number of hydrogen-bond donors (Lipinski definition) is 0. The normalized spacial score (nSPS) is 13.6. The molecule has 0 aliphatic heterocycles. The van der Waals surface area contributed by atoms with Crippen molar-refractivity contribution in [3.63, 3.8) is 0 Å². The highest BCUT2D eigenvalue weighted by Gasteiger charge is 2.31. The zero-order chi connectivity index (χ0) is 15.1. The molecule has 21 heavy (non-hydrogen) atoms. The van der Waals surface area contributed by atoms with E-state index >= 15 is 0 Å². The zero-order valence-corrected chi connectivity index (χ0v) is 12.4. The number of carbonyl (C=O) groups excluding carboxylic acids is 1. The Balaban J connectivity index is 2.12. The van der Waals surface area contributed by atoms with Gasteiger partial charge in [-0.2, -0.15) is 0 Å². The summed E-state index contributed by atoms with van der Waals surface area (Å²) in [4.78, 5) is 14.0. The fraction of sp³-hybridized carbons (Fsp3) is 0.118. The van der Waals surface area contributed by atoms with E-state index in [4.69, 9.17) is 11.6 Å². The third-order valence-electron chi connectivity index (χ3n) is 3.59. The van der Waals surface area contributed by atoms with Crippen molar-refractivity contribution in [1.82, 2.24) is 0 Å². The standard InChI is InChI=1S/C17H13ClFNO/c1-20(2)12-6-3-10(4-7-12)15-13-8-5-11(18)9-14(13)17(21)16(15)19/h3-9H,1-2H3. The molecular formula is C17H13ClFNO. The number of allylic oxidation sites excluding steroid dienone is 1. The molecule has 0 saturated heterocycles. The van der Waals surface area contributed by atoms with Crippen molar-refractivity contribution in [3.8, 4) is 0 Å². The molecule has 4 heteroatoms. The van der Waals surface area contributed by atoms with Gasteiger partial charge in [0.15, 0.2) is 5.83 Å². The number of fused-ring (bicyclic) bond motifs is 1. The number of ketones is 1. The van der Waals surface area contributed by atoms with E-state index in [1.54, 1.807) is 12.1 Å². The fourth-order valence-corrected chi connectivity index (χ4v) is 2.65. The number of rotatable bonds is 2. The predicted octanol–water partition coefficient (Wildman–Crippen LogP) is 4.33. The first kappa shape index (κ1) is 13.8. The second kappa shape index (κ2) is 5.01. The molecule has 106 valence electrons. The van der Waals surface area contributed by atoms with E-state index in [1.807, 2.05) is 43.3 Å². The molecule has 2 nitrogen and oxygen atoms in total. The summed E-state index contributed by atoms with van der Waals surface area (Å²) < 4.78 is 14.3. The molecule has 0 unspecified atom stereocenters. The first-order chi connectivity index (χ1) is 9.99. The third kappa shape index (κ3) is 2.24. The van der Waals surface area contributed by atoms with Gasteiger partial charge in [-0.05, 0) is 35.4 Å². The molecule has 2 aromatic rings. The lowest BCUT2D eigenvalue weighted by Crippen LogP contribution is -2.08. The Bertz CT molecular complexity index is 763. The second-order valence-corrected chi connectivity index (χ2v) is 5.59. The second-order valence-electron chi connectivity index (χ2n) is 5.15. The average molecular weight is 302 g/mol. The number of halogens is 2. The minimum Gasteiger partial charge on any atom is -0.378 e. The van der Waals surface area contributed by atoms with Crippen molar-refractivity contribution in [3.05, 3.63) is 70.0 Å². The first-order valence-corrected chi connectivity index (χ1v) is 6.89. The van der Waals surface area contributed by atoms with Crippen molar-refractivity contribution in [2.45, 2.75) is 0 Å². The quantitative estimate of drug-likeness (QED) is 0.823. The summed E-state index contributed by atoms with van der Waals surface area (Å²) in [5.41, 5.74) is 2.97. The van der Waals surface area contributed by atoms with E-state index in [0.29, 0.717) is 27.3 Å². The predicted molar refractivity (Wildman–Crippen MR) is 83.7 cm³/mol. The van der Waals surface area contributed by atoms with E-state index in [-0.39, 0.29) is 0 Å². The van der Waals surface area contributed by atoms with Gasteiger partial charge < -0.3 is 4.90 Å². The van der Waals surface area contributed by atoms with Crippen molar-refractivity contribution in [2.75, 3.05) is 19.0 Å². The van der Waals surface area contributed by atoms with Crippen LogP contribution in [-0.2, 0) is 0 Å². The number of hydrogen-bond acceptors (Lipinski definition) is 2. The molecule has 3 rings (SSSR count). The van der Waals surface area contributed by atoms with E-state index < -0.39 is 11.6 Å². The number of carbonyl (C=O) groups is 1. The topological polar surface area (TPSA) is 20.3 Å². The lowest BCUT2D eigenvalue weighted by molar-refractivity contribution is 0.101. The summed E-state index contributed by atoms with van der Waals surface area (Å²) in [5.74, 6) is -1.32. The number of anilines is 1. The van der Waals surface area contributed by atoms with Crippen LogP contribution in [0.2, 0.25) is 5.02 Å². The molecule has 0 bridgehead atoms. The molecule has 0 heterocycles. The maximum atomic E-state index is 14.3. The Kier molecular flexibility index (Phi) is 3.30. The molecule has 0 aromatic heterocycles. The van der Waals surface area contributed by atoms with E-state index in [2.05, 4.69) is 0 Å². The van der Waals surface area contributed by atoms with Crippen molar-refractivity contribution < 1.29 is 9.18 Å². The summed E-state index contributed by atoms with van der Waals surface area (Å²) in [6.07, 6.45) is 0. The van der Waals surface area contributed by atoms with Crippen LogP contribution in [0.4, 0.5) is 10.1 Å². The molecule has 2 aromatic carbocycles. The minimum atomic E-state index is -0.718. The van der Waals surface area contributed by atoms with Crippen LogP contribution in [0.5, 0.6) is 0 Å². The third-order valence-corrected chi connectivity index (χ3v) is 3.82. The van der Waals surface area contributed by atoms with E-state index in [0.717, 1.165) is 5.69 Å². The van der Waals surface area contributed by atoms with Gasteiger partial charge in [0, 0.05) is 35.9 Å². The molecule has 0 radical (unpaired) electrons. The van der Waals surface area contributed by atoms with Crippen LogP contribution in [0.1, 0.15) is 21.5 Å². The molecule has 0 atom stereocenters. The van der Waals surface area contributed by atoms with Gasteiger partial charge in [-0.15, -0.1) is 0 Å². The number of benzene rings is 2. The molecule has 0 spiro atoms. The smallest absolute Gasteiger partial charge is 0.222 e. The summed E-state index contributed by atoms with van der Waals surface area (Å²) in [5, 5.41) is 0.430. The Morgan fingerprint density at radius 2 is 1.67 bits per heavy atom. The molecule has 1 aliphatic rings. The maximum absolute atomic E-state index is 14.3. The number of Topliss-reactive ketones (excluding diaryl/α,β-unsaturated/α-hetero) is 1. The van der Waals surface area contributed by atoms with Gasteiger partial charge >= 0.3 is 0 Å². The Morgan fingerprint density at radius 3 is 2.29 bits per heavy atom. The van der Waals surface area contributed by atoms with Crippen LogP contribution >= 0.6 is 11.6 Å². The summed E-state index contributed by atoms with van der Waals surface area (Å²) in [6, 6.07) is 12.3. The first-order valence-electron chi connectivity index (χ1n) is 6.51. The fourth-order valence-electron chi connectivity index (χ4n) is 2.48. The molecule has 1 aliphatic carbocycles. The van der Waals surface area contributed by atoms with E-state index in [1.165, 1.54) is 6.07 Å². The van der Waals surface area contributed by atoms with Crippen LogP contribution in [0.15, 0.2) is 48.3 Å². The monoisotopic (exact) mass is 301 g/mol. The molecule has 0 N–H and O–H groups in total. The minimum absolute atomic E-state index is 0.326. The van der Waals surface area contributed by atoms with Crippen LogP contribution in [-0.4, -0.2) is 19.9 Å². The SMILES string of the molecule is CN(C)c1ccc(C2=C(F)C(=O)c3cc(Cl)ccc32)cc1. The summed E-state index contributed by atoms with van der Waals surface area (Å²) in [6.45, 7) is 0.